The molecular weight excluding hydrogens is 251 g/mol. The summed E-state index contributed by atoms with van der Waals surface area (Å²) in [6.45, 7) is 1.61. The molecule has 1 aliphatic heterocycles. The molecule has 4 N–H and O–H groups in total. The zero-order valence-corrected chi connectivity index (χ0v) is 9.45. The van der Waals surface area contributed by atoms with Crippen LogP contribution in [0.15, 0.2) is 6.20 Å². The number of nitrogen functional groups attached to an aromatic ring is 1. The van der Waals surface area contributed by atoms with Crippen LogP contribution in [0.25, 0.3) is 0 Å². The lowest BCUT2D eigenvalue weighted by Gasteiger charge is -2.31. The van der Waals surface area contributed by atoms with Crippen molar-refractivity contribution in [3.63, 3.8) is 0 Å². The second-order valence-electron chi connectivity index (χ2n) is 4.16. The number of carbonyl (C=O) groups excluding carboxylic acids is 1. The molecule has 0 bridgehead atoms. The summed E-state index contributed by atoms with van der Waals surface area (Å²) in [5.74, 6) is 4.32. The number of nitrogens with one attached hydrogen (secondary N) is 2. The van der Waals surface area contributed by atoms with Gasteiger partial charge in [0.15, 0.2) is 6.04 Å². The second-order valence-corrected chi connectivity index (χ2v) is 4.16. The van der Waals surface area contributed by atoms with Gasteiger partial charge in [0, 0.05) is 6.04 Å². The summed E-state index contributed by atoms with van der Waals surface area (Å²) >= 11 is 0. The maximum atomic E-state index is 12.9. The number of aromatic nitrogens is 2. The average Bonchev–Trinajstić information content (AvgIpc) is 2.69. The number of hydrogen-bond donors (Lipinski definition) is 3. The van der Waals surface area contributed by atoms with E-state index in [9.17, 15) is 18.0 Å². The van der Waals surface area contributed by atoms with Gasteiger partial charge < -0.3 is 5.32 Å². The van der Waals surface area contributed by atoms with Crippen molar-refractivity contribution in [1.82, 2.24) is 15.2 Å². The monoisotopic (exact) mass is 263 g/mol. The number of amides is 1. The normalized spacial score (nSPS) is 23.2. The maximum absolute atomic E-state index is 12.9. The van der Waals surface area contributed by atoms with Crippen LogP contribution < -0.4 is 16.6 Å². The van der Waals surface area contributed by atoms with E-state index in [0.29, 0.717) is 0 Å². The molecule has 0 spiro atoms. The molecule has 1 aliphatic rings. The molecule has 0 fully saturated rings. The van der Waals surface area contributed by atoms with Gasteiger partial charge in [-0.3, -0.25) is 10.2 Å². The molecule has 18 heavy (non-hydrogen) atoms. The first kappa shape index (κ1) is 12.7. The number of alkyl halides is 3. The van der Waals surface area contributed by atoms with Crippen molar-refractivity contribution < 1.29 is 18.0 Å². The lowest BCUT2D eigenvalue weighted by atomic mass is 10.1. The van der Waals surface area contributed by atoms with Crippen LogP contribution >= 0.6 is 0 Å². The van der Waals surface area contributed by atoms with Crippen molar-refractivity contribution in [2.45, 2.75) is 31.6 Å². The van der Waals surface area contributed by atoms with Crippen LogP contribution in [0.1, 0.15) is 29.7 Å². The second kappa shape index (κ2) is 4.16. The molecule has 0 radical (unpaired) electrons. The van der Waals surface area contributed by atoms with Gasteiger partial charge in [-0.15, -0.1) is 0 Å². The highest BCUT2D eigenvalue weighted by Gasteiger charge is 2.46. The van der Waals surface area contributed by atoms with Crippen LogP contribution in [-0.4, -0.2) is 27.9 Å². The van der Waals surface area contributed by atoms with Gasteiger partial charge in [-0.1, -0.05) is 0 Å². The van der Waals surface area contributed by atoms with E-state index in [2.05, 4.69) is 10.4 Å². The largest absolute Gasteiger partial charge is 0.410 e. The van der Waals surface area contributed by atoms with Crippen LogP contribution in [-0.2, 0) is 0 Å². The average molecular weight is 263 g/mol. The number of fused-ring (bicyclic) bond motifs is 1. The number of hydrazine groups is 1. The Hall–Kier alpha value is -1.77. The summed E-state index contributed by atoms with van der Waals surface area (Å²) in [7, 11) is 0. The highest BCUT2D eigenvalue weighted by Crippen LogP contribution is 2.39. The molecule has 2 rings (SSSR count). The van der Waals surface area contributed by atoms with E-state index in [1.807, 2.05) is 5.43 Å². The van der Waals surface area contributed by atoms with Gasteiger partial charge in [0.1, 0.15) is 11.4 Å². The van der Waals surface area contributed by atoms with Gasteiger partial charge in [0.05, 0.1) is 6.20 Å². The number of rotatable bonds is 1. The van der Waals surface area contributed by atoms with Crippen LogP contribution in [0.5, 0.6) is 0 Å². The minimum absolute atomic E-state index is 0.00157. The summed E-state index contributed by atoms with van der Waals surface area (Å²) in [6.07, 6.45) is -3.48. The van der Waals surface area contributed by atoms with E-state index in [-0.39, 0.29) is 17.8 Å². The Morgan fingerprint density at radius 3 is 2.89 bits per heavy atom. The molecule has 100 valence electrons. The predicted molar refractivity (Wildman–Crippen MR) is 56.7 cm³/mol. The minimum Gasteiger partial charge on any atom is -0.367 e. The maximum Gasteiger partial charge on any atom is 0.410 e. The summed E-state index contributed by atoms with van der Waals surface area (Å²) < 4.78 is 39.4. The zero-order valence-electron chi connectivity index (χ0n) is 9.45. The first-order valence-electron chi connectivity index (χ1n) is 5.26. The summed E-state index contributed by atoms with van der Waals surface area (Å²) in [6, 6.07) is -2.15. The Morgan fingerprint density at radius 1 is 1.67 bits per heavy atom. The van der Waals surface area contributed by atoms with E-state index in [4.69, 9.17) is 5.84 Å². The van der Waals surface area contributed by atoms with Crippen molar-refractivity contribution in [2.24, 2.45) is 5.84 Å². The highest BCUT2D eigenvalue weighted by atomic mass is 19.4. The molecule has 0 saturated carbocycles. The van der Waals surface area contributed by atoms with Crippen LogP contribution in [0, 0.1) is 0 Å². The summed E-state index contributed by atoms with van der Waals surface area (Å²) in [4.78, 5) is 11.4. The number of anilines is 1. The molecule has 0 saturated heterocycles. The van der Waals surface area contributed by atoms with E-state index >= 15 is 0 Å². The summed E-state index contributed by atoms with van der Waals surface area (Å²) in [5, 5.41) is 6.44. The first-order valence-corrected chi connectivity index (χ1v) is 5.26. The van der Waals surface area contributed by atoms with Gasteiger partial charge in [-0.25, -0.2) is 10.5 Å². The molecule has 9 heteroatoms. The van der Waals surface area contributed by atoms with Crippen molar-refractivity contribution in [1.29, 1.82) is 0 Å². The van der Waals surface area contributed by atoms with Crippen LogP contribution in [0.4, 0.5) is 19.0 Å². The van der Waals surface area contributed by atoms with Gasteiger partial charge in [0.2, 0.25) is 0 Å². The fourth-order valence-electron chi connectivity index (χ4n) is 1.99. The van der Waals surface area contributed by atoms with E-state index in [1.54, 1.807) is 6.92 Å². The molecule has 0 aromatic carbocycles. The lowest BCUT2D eigenvalue weighted by molar-refractivity contribution is -0.173. The third-order valence-electron chi connectivity index (χ3n) is 2.80. The fraction of sp³-hybridized carbons (Fsp3) is 0.556. The molecule has 2 heterocycles. The molecule has 1 aromatic rings. The molecule has 6 nitrogen and oxygen atoms in total. The highest BCUT2D eigenvalue weighted by molar-refractivity contribution is 5.98. The quantitative estimate of drug-likeness (QED) is 0.397. The Morgan fingerprint density at radius 2 is 2.33 bits per heavy atom. The number of nitrogens with zero attached hydrogens (tertiary/aromatic N) is 2. The number of nitrogens with two attached hydrogens (primary N) is 1. The summed E-state index contributed by atoms with van der Waals surface area (Å²) in [5.41, 5.74) is 1.87. The SMILES string of the molecule is CC1CC(C(F)(F)F)n2ncc(C(=O)NN)c2N1. The van der Waals surface area contributed by atoms with Crippen molar-refractivity contribution in [3.05, 3.63) is 11.8 Å². The Kier molecular flexibility index (Phi) is 2.93. The van der Waals surface area contributed by atoms with Crippen LogP contribution in [0.2, 0.25) is 0 Å². The lowest BCUT2D eigenvalue weighted by Crippen LogP contribution is -2.39. The van der Waals surface area contributed by atoms with Crippen molar-refractivity contribution in [3.8, 4) is 0 Å². The zero-order chi connectivity index (χ0) is 13.5. The molecular formula is C9H12F3N5O. The van der Waals surface area contributed by atoms with Gasteiger partial charge in [-0.05, 0) is 13.3 Å². The van der Waals surface area contributed by atoms with Crippen LogP contribution in [0.3, 0.4) is 0 Å². The Balaban J connectivity index is 2.46. The fourth-order valence-corrected chi connectivity index (χ4v) is 1.99. The number of carbonyl (C=O) groups is 1. The minimum atomic E-state index is -4.41. The standard InChI is InChI=1S/C9H12F3N5O/c1-4-2-6(9(10,11)12)17-7(15-4)5(3-14-17)8(18)16-13/h3-4,6,15H,2,13H2,1H3,(H,16,18). The van der Waals surface area contributed by atoms with Gasteiger partial charge in [0.25, 0.3) is 5.91 Å². The smallest absolute Gasteiger partial charge is 0.367 e. The molecule has 1 aromatic heterocycles. The van der Waals surface area contributed by atoms with Gasteiger partial charge >= 0.3 is 6.18 Å². The van der Waals surface area contributed by atoms with Crippen molar-refractivity contribution >= 4 is 11.7 Å². The van der Waals surface area contributed by atoms with Gasteiger partial charge in [-0.2, -0.15) is 18.3 Å². The van der Waals surface area contributed by atoms with E-state index in [1.165, 1.54) is 0 Å². The van der Waals surface area contributed by atoms with Crippen molar-refractivity contribution in [2.75, 3.05) is 5.32 Å². The van der Waals surface area contributed by atoms with E-state index in [0.717, 1.165) is 10.9 Å². The predicted octanol–water partition coefficient (Wildman–Crippen LogP) is 0.794. The molecule has 0 aliphatic carbocycles. The first-order chi connectivity index (χ1) is 8.34. The molecule has 1 amide bonds. The number of halogens is 3. The van der Waals surface area contributed by atoms with E-state index < -0.39 is 24.2 Å². The topological polar surface area (TPSA) is 85.0 Å². The third-order valence-corrected chi connectivity index (χ3v) is 2.80. The third kappa shape index (κ3) is 2.01. The Bertz CT molecular complexity index is 469. The Labute approximate surface area is 100 Å². The molecule has 2 unspecified atom stereocenters. The molecule has 2 atom stereocenters. The number of hydrogen-bond acceptors (Lipinski definition) is 4.